The van der Waals surface area contributed by atoms with E-state index in [1.54, 1.807) is 22.2 Å². The molecule has 2 aromatic heterocycles. The van der Waals surface area contributed by atoms with Crippen LogP contribution in [0.3, 0.4) is 0 Å². The van der Waals surface area contributed by atoms with Crippen LogP contribution in [0.5, 0.6) is 0 Å². The van der Waals surface area contributed by atoms with Crippen LogP contribution in [0.15, 0.2) is 36.7 Å². The quantitative estimate of drug-likeness (QED) is 0.747. The fourth-order valence-corrected chi connectivity index (χ4v) is 3.41. The number of allylic oxidation sites excluding steroid dienone is 1. The maximum Gasteiger partial charge on any atom is 0.303 e. The highest BCUT2D eigenvalue weighted by Crippen LogP contribution is 2.31. The van der Waals surface area contributed by atoms with Gasteiger partial charge >= 0.3 is 5.97 Å². The maximum atomic E-state index is 10.8. The normalized spacial score (nSPS) is 12.0. The van der Waals surface area contributed by atoms with Crippen molar-refractivity contribution in [3.63, 3.8) is 0 Å². The van der Waals surface area contributed by atoms with E-state index in [0.29, 0.717) is 12.8 Å². The maximum absolute atomic E-state index is 10.8. The lowest BCUT2D eigenvalue weighted by Crippen LogP contribution is -1.94. The summed E-state index contributed by atoms with van der Waals surface area (Å²) in [5.74, 6) is -0.768. The average Bonchev–Trinajstić information content (AvgIpc) is 3.11. The molecular weight excluding hydrogens is 310 g/mol. The Labute approximate surface area is 137 Å². The van der Waals surface area contributed by atoms with Crippen LogP contribution in [0.1, 0.15) is 29.8 Å². The topological polar surface area (TPSA) is 68.0 Å². The third-order valence-electron chi connectivity index (χ3n) is 3.47. The van der Waals surface area contributed by atoms with Crippen molar-refractivity contribution in [2.45, 2.75) is 19.3 Å². The molecular formula is C17H17N3O2S. The summed E-state index contributed by atoms with van der Waals surface area (Å²) >= 11 is 1.64. The molecule has 23 heavy (non-hydrogen) atoms. The predicted octanol–water partition coefficient (Wildman–Crippen LogP) is 3.83. The lowest BCUT2D eigenvalue weighted by molar-refractivity contribution is -0.137. The molecule has 0 fully saturated rings. The van der Waals surface area contributed by atoms with Gasteiger partial charge in [-0.3, -0.25) is 9.48 Å². The van der Waals surface area contributed by atoms with Crippen molar-refractivity contribution in [2.75, 3.05) is 0 Å². The fourth-order valence-electron chi connectivity index (χ4n) is 2.40. The van der Waals surface area contributed by atoms with Crippen molar-refractivity contribution in [2.24, 2.45) is 7.05 Å². The molecule has 0 unspecified atom stereocenters. The van der Waals surface area contributed by atoms with Gasteiger partial charge in [-0.2, -0.15) is 5.10 Å². The molecule has 1 aromatic carbocycles. The van der Waals surface area contributed by atoms with Crippen LogP contribution in [0.25, 0.3) is 21.9 Å². The average molecular weight is 327 g/mol. The summed E-state index contributed by atoms with van der Waals surface area (Å²) in [7, 11) is 1.87. The Morgan fingerprint density at radius 1 is 1.35 bits per heavy atom. The van der Waals surface area contributed by atoms with Gasteiger partial charge in [0.15, 0.2) is 0 Å². The molecule has 3 aromatic rings. The van der Waals surface area contributed by atoms with Gasteiger partial charge in [-0.05, 0) is 36.6 Å². The van der Waals surface area contributed by atoms with E-state index in [2.05, 4.69) is 16.1 Å². The number of para-hydroxylation sites is 1. The first-order valence-corrected chi connectivity index (χ1v) is 8.20. The molecule has 0 aliphatic heterocycles. The molecule has 0 aliphatic carbocycles. The number of hydrogen-bond acceptors (Lipinski definition) is 4. The molecule has 0 radical (unpaired) electrons. The fraction of sp³-hybridized carbons (Fsp3) is 0.235. The van der Waals surface area contributed by atoms with E-state index in [9.17, 15) is 4.79 Å². The second-order valence-electron chi connectivity index (χ2n) is 5.35. The summed E-state index contributed by atoms with van der Waals surface area (Å²) < 4.78 is 2.89. The Hall–Kier alpha value is -2.47. The Morgan fingerprint density at radius 2 is 2.17 bits per heavy atom. The number of aromatic nitrogens is 3. The molecule has 118 valence electrons. The number of nitrogens with zero attached hydrogens (tertiary/aromatic N) is 3. The predicted molar refractivity (Wildman–Crippen MR) is 92.2 cm³/mol. The molecule has 3 rings (SSSR count). The second kappa shape index (κ2) is 6.75. The minimum Gasteiger partial charge on any atom is -0.481 e. The van der Waals surface area contributed by atoms with Crippen LogP contribution >= 0.6 is 11.3 Å². The molecule has 0 spiro atoms. The molecule has 0 amide bonds. The number of benzene rings is 1. The summed E-state index contributed by atoms with van der Waals surface area (Å²) in [4.78, 5) is 15.5. The number of hydrogen-bond donors (Lipinski definition) is 1. The third kappa shape index (κ3) is 3.84. The zero-order valence-electron chi connectivity index (χ0n) is 12.8. The second-order valence-corrected chi connectivity index (χ2v) is 6.38. The standard InChI is InChI=1S/C17H17N3O2S/c1-20-11-12(10-18-20)9-13(5-4-8-16(21)22)17-19-14-6-2-3-7-15(14)23-17/h2-3,6-7,9-11H,4-5,8H2,1H3,(H,21,22). The summed E-state index contributed by atoms with van der Waals surface area (Å²) in [6.45, 7) is 0. The Balaban J connectivity index is 1.93. The van der Waals surface area contributed by atoms with Gasteiger partial charge in [0.1, 0.15) is 5.01 Å². The Bertz CT molecular complexity index is 830. The summed E-state index contributed by atoms with van der Waals surface area (Å²) in [6, 6.07) is 8.02. The van der Waals surface area contributed by atoms with E-state index in [1.807, 2.05) is 37.5 Å². The van der Waals surface area contributed by atoms with E-state index < -0.39 is 5.97 Å². The Morgan fingerprint density at radius 3 is 2.87 bits per heavy atom. The van der Waals surface area contributed by atoms with E-state index in [0.717, 1.165) is 26.4 Å². The van der Waals surface area contributed by atoms with E-state index in [4.69, 9.17) is 5.11 Å². The highest BCUT2D eigenvalue weighted by Gasteiger charge is 2.10. The van der Waals surface area contributed by atoms with E-state index in [1.165, 1.54) is 0 Å². The number of thiazole rings is 1. The molecule has 5 nitrogen and oxygen atoms in total. The largest absolute Gasteiger partial charge is 0.481 e. The van der Waals surface area contributed by atoms with E-state index in [-0.39, 0.29) is 6.42 Å². The smallest absolute Gasteiger partial charge is 0.303 e. The summed E-state index contributed by atoms with van der Waals surface area (Å²) in [6.07, 6.45) is 7.22. The number of fused-ring (bicyclic) bond motifs is 1. The lowest BCUT2D eigenvalue weighted by atomic mass is 10.1. The number of aliphatic carboxylic acids is 1. The number of rotatable bonds is 6. The zero-order valence-corrected chi connectivity index (χ0v) is 13.6. The molecule has 0 aliphatic rings. The molecule has 0 atom stereocenters. The zero-order chi connectivity index (χ0) is 16.2. The number of carboxylic acids is 1. The first-order valence-electron chi connectivity index (χ1n) is 7.39. The van der Waals surface area contributed by atoms with Crippen molar-refractivity contribution in [3.8, 4) is 0 Å². The van der Waals surface area contributed by atoms with Crippen molar-refractivity contribution < 1.29 is 9.90 Å². The van der Waals surface area contributed by atoms with Gasteiger partial charge < -0.3 is 5.11 Å². The van der Waals surface area contributed by atoms with Crippen molar-refractivity contribution in [1.29, 1.82) is 0 Å². The van der Waals surface area contributed by atoms with Gasteiger partial charge in [0.05, 0.1) is 16.4 Å². The van der Waals surface area contributed by atoms with Crippen LogP contribution in [0.2, 0.25) is 0 Å². The van der Waals surface area contributed by atoms with Gasteiger partial charge in [0.2, 0.25) is 0 Å². The van der Waals surface area contributed by atoms with Crippen molar-refractivity contribution in [1.82, 2.24) is 14.8 Å². The summed E-state index contributed by atoms with van der Waals surface area (Å²) in [5.41, 5.74) is 3.03. The minimum atomic E-state index is -0.768. The number of carboxylic acid groups (broad SMARTS) is 1. The van der Waals surface area contributed by atoms with Gasteiger partial charge in [-0.15, -0.1) is 11.3 Å². The van der Waals surface area contributed by atoms with Crippen LogP contribution in [0.4, 0.5) is 0 Å². The molecule has 0 saturated carbocycles. The number of aryl methyl sites for hydroxylation is 1. The van der Waals surface area contributed by atoms with Crippen LogP contribution in [-0.4, -0.2) is 25.8 Å². The minimum absolute atomic E-state index is 0.162. The van der Waals surface area contributed by atoms with Crippen LogP contribution in [-0.2, 0) is 11.8 Å². The van der Waals surface area contributed by atoms with Gasteiger partial charge in [-0.1, -0.05) is 12.1 Å². The van der Waals surface area contributed by atoms with Gasteiger partial charge in [0.25, 0.3) is 0 Å². The van der Waals surface area contributed by atoms with Crippen LogP contribution < -0.4 is 0 Å². The molecule has 0 bridgehead atoms. The first kappa shape index (κ1) is 15.4. The van der Waals surface area contributed by atoms with E-state index >= 15 is 0 Å². The monoisotopic (exact) mass is 327 g/mol. The molecule has 2 heterocycles. The van der Waals surface area contributed by atoms with Gasteiger partial charge in [-0.25, -0.2) is 4.98 Å². The highest BCUT2D eigenvalue weighted by molar-refractivity contribution is 7.19. The van der Waals surface area contributed by atoms with Crippen LogP contribution in [0, 0.1) is 0 Å². The SMILES string of the molecule is Cn1cc(C=C(CCCC(=O)O)c2nc3ccccc3s2)cn1. The van der Waals surface area contributed by atoms with Crippen molar-refractivity contribution in [3.05, 3.63) is 47.2 Å². The summed E-state index contributed by atoms with van der Waals surface area (Å²) in [5, 5.41) is 14.0. The third-order valence-corrected chi connectivity index (χ3v) is 4.58. The van der Waals surface area contributed by atoms with Gasteiger partial charge in [0, 0.05) is 25.2 Å². The molecule has 6 heteroatoms. The highest BCUT2D eigenvalue weighted by atomic mass is 32.1. The molecule has 0 saturated heterocycles. The molecule has 1 N–H and O–H groups in total. The van der Waals surface area contributed by atoms with Crippen molar-refractivity contribution >= 4 is 39.2 Å². The Kier molecular flexibility index (Phi) is 4.52. The lowest BCUT2D eigenvalue weighted by Gasteiger charge is -2.02. The first-order chi connectivity index (χ1) is 11.1. The number of carbonyl (C=O) groups is 1.